The molecule has 0 amide bonds. The maximum Gasteiger partial charge on any atom is 0.111 e. The average Bonchev–Trinajstić information content (AvgIpc) is 2.96. The van der Waals surface area contributed by atoms with E-state index in [1.165, 1.54) is 5.52 Å². The van der Waals surface area contributed by atoms with Crippen LogP contribution in [-0.4, -0.2) is 28.1 Å². The summed E-state index contributed by atoms with van der Waals surface area (Å²) in [5.41, 5.74) is 2.22. The molecule has 1 saturated heterocycles. The molecule has 0 aliphatic carbocycles. The van der Waals surface area contributed by atoms with Gasteiger partial charge < -0.3 is 9.30 Å². The van der Waals surface area contributed by atoms with Gasteiger partial charge in [0.15, 0.2) is 0 Å². The van der Waals surface area contributed by atoms with Gasteiger partial charge in [-0.25, -0.2) is 4.98 Å². The second kappa shape index (κ2) is 6.04. The zero-order valence-electron chi connectivity index (χ0n) is 11.5. The molecule has 1 aromatic carbocycles. The summed E-state index contributed by atoms with van der Waals surface area (Å²) in [6, 6.07) is 6.27. The highest BCUT2D eigenvalue weighted by Crippen LogP contribution is 2.27. The minimum absolute atomic E-state index is 0.326. The summed E-state index contributed by atoms with van der Waals surface area (Å²) in [5.74, 6) is 2.23. The lowest BCUT2D eigenvalue weighted by Gasteiger charge is -2.17. The molecule has 3 rings (SSSR count). The first-order valence-corrected chi connectivity index (χ1v) is 8.34. The largest absolute Gasteiger partial charge is 0.378 e. The van der Waals surface area contributed by atoms with Crippen molar-refractivity contribution in [2.75, 3.05) is 12.5 Å². The first-order chi connectivity index (χ1) is 9.69. The Kier molecular flexibility index (Phi) is 4.34. The molecule has 0 bridgehead atoms. The fourth-order valence-corrected chi connectivity index (χ4v) is 3.40. The Morgan fingerprint density at radius 1 is 1.50 bits per heavy atom. The molecule has 2 atom stereocenters. The van der Waals surface area contributed by atoms with Crippen molar-refractivity contribution in [3.05, 3.63) is 28.5 Å². The molecule has 2 aromatic rings. The Morgan fingerprint density at radius 2 is 2.35 bits per heavy atom. The predicted octanol–water partition coefficient (Wildman–Crippen LogP) is 4.01. The number of halogens is 2. The van der Waals surface area contributed by atoms with Crippen LogP contribution in [-0.2, 0) is 17.7 Å². The molecule has 0 radical (unpaired) electrons. The van der Waals surface area contributed by atoms with Gasteiger partial charge in [0.1, 0.15) is 5.82 Å². The van der Waals surface area contributed by atoms with Crippen molar-refractivity contribution >= 4 is 38.6 Å². The van der Waals surface area contributed by atoms with Crippen molar-refractivity contribution in [3.63, 3.8) is 0 Å². The topological polar surface area (TPSA) is 27.1 Å². The number of rotatable bonds is 4. The number of fused-ring (bicyclic) bond motifs is 1. The highest BCUT2D eigenvalue weighted by molar-refractivity contribution is 9.10. The van der Waals surface area contributed by atoms with Gasteiger partial charge in [-0.1, -0.05) is 15.9 Å². The zero-order valence-corrected chi connectivity index (χ0v) is 13.8. The van der Waals surface area contributed by atoms with Gasteiger partial charge in [-0.05, 0) is 31.5 Å². The van der Waals surface area contributed by atoms with Gasteiger partial charge in [-0.3, -0.25) is 0 Å². The van der Waals surface area contributed by atoms with Crippen LogP contribution >= 0.6 is 27.5 Å². The van der Waals surface area contributed by atoms with Crippen molar-refractivity contribution in [3.8, 4) is 0 Å². The van der Waals surface area contributed by atoms with Gasteiger partial charge in [0.05, 0.1) is 17.1 Å². The van der Waals surface area contributed by atoms with Gasteiger partial charge in [0, 0.05) is 35.8 Å². The van der Waals surface area contributed by atoms with E-state index in [-0.39, 0.29) is 0 Å². The van der Waals surface area contributed by atoms with Crippen LogP contribution in [0, 0.1) is 5.92 Å². The van der Waals surface area contributed by atoms with E-state index in [9.17, 15) is 0 Å². The Hall–Kier alpha value is -0.580. The van der Waals surface area contributed by atoms with Gasteiger partial charge in [0.2, 0.25) is 0 Å². The third kappa shape index (κ3) is 2.74. The maximum absolute atomic E-state index is 5.92. The quantitative estimate of drug-likeness (QED) is 0.773. The number of nitrogens with zero attached hydrogens (tertiary/aromatic N) is 2. The first kappa shape index (κ1) is 14.4. The van der Waals surface area contributed by atoms with Crippen LogP contribution in [0.1, 0.15) is 19.2 Å². The zero-order chi connectivity index (χ0) is 14.1. The van der Waals surface area contributed by atoms with Gasteiger partial charge in [0.25, 0.3) is 0 Å². The third-order valence-corrected chi connectivity index (χ3v) is 4.74. The fourth-order valence-electron chi connectivity index (χ4n) is 2.88. The lowest BCUT2D eigenvalue weighted by Crippen LogP contribution is -2.19. The average molecular weight is 358 g/mol. The van der Waals surface area contributed by atoms with Crippen molar-refractivity contribution in [2.45, 2.75) is 32.4 Å². The van der Waals surface area contributed by atoms with Crippen LogP contribution in [0.3, 0.4) is 0 Å². The number of aromatic nitrogens is 2. The van der Waals surface area contributed by atoms with E-state index in [4.69, 9.17) is 21.3 Å². The normalized spacial score (nSPS) is 22.8. The van der Waals surface area contributed by atoms with Crippen molar-refractivity contribution in [2.24, 2.45) is 5.92 Å². The van der Waals surface area contributed by atoms with Crippen molar-refractivity contribution < 1.29 is 4.74 Å². The molecule has 1 aliphatic heterocycles. The summed E-state index contributed by atoms with van der Waals surface area (Å²) in [4.78, 5) is 4.74. The molecule has 0 saturated carbocycles. The van der Waals surface area contributed by atoms with Crippen LogP contribution in [0.15, 0.2) is 22.7 Å². The van der Waals surface area contributed by atoms with Crippen molar-refractivity contribution in [1.82, 2.24) is 9.55 Å². The molecule has 2 unspecified atom stereocenters. The van der Waals surface area contributed by atoms with E-state index < -0.39 is 0 Å². The number of hydrogen-bond donors (Lipinski definition) is 0. The minimum Gasteiger partial charge on any atom is -0.378 e. The molecular formula is C15H18BrClN2O. The monoisotopic (exact) mass is 356 g/mol. The summed E-state index contributed by atoms with van der Waals surface area (Å²) in [7, 11) is 0. The van der Waals surface area contributed by atoms with Crippen molar-refractivity contribution in [1.29, 1.82) is 0 Å². The van der Waals surface area contributed by atoms with E-state index in [0.29, 0.717) is 17.9 Å². The molecule has 1 fully saturated rings. The number of benzene rings is 1. The smallest absolute Gasteiger partial charge is 0.111 e. The first-order valence-electron chi connectivity index (χ1n) is 7.01. The summed E-state index contributed by atoms with van der Waals surface area (Å²) in [6.07, 6.45) is 2.25. The number of ether oxygens (including phenoxy) is 1. The number of imidazole rings is 1. The van der Waals surface area contributed by atoms with E-state index in [2.05, 4.69) is 45.6 Å². The van der Waals surface area contributed by atoms with E-state index in [1.54, 1.807) is 0 Å². The Balaban J connectivity index is 1.99. The Bertz CT molecular complexity index is 613. The van der Waals surface area contributed by atoms with Gasteiger partial charge in [-0.15, -0.1) is 11.6 Å². The Labute approximate surface area is 132 Å². The molecule has 0 spiro atoms. The second-order valence-electron chi connectivity index (χ2n) is 5.34. The SMILES string of the molecule is CC1OCCC1Cn1c(CCCl)nc2cc(Br)ccc21. The molecule has 20 heavy (non-hydrogen) atoms. The van der Waals surface area contributed by atoms with Crippen LogP contribution in [0.5, 0.6) is 0 Å². The number of alkyl halides is 1. The molecular weight excluding hydrogens is 340 g/mol. The number of hydrogen-bond acceptors (Lipinski definition) is 2. The predicted molar refractivity (Wildman–Crippen MR) is 85.4 cm³/mol. The van der Waals surface area contributed by atoms with Crippen LogP contribution in [0.25, 0.3) is 11.0 Å². The van der Waals surface area contributed by atoms with E-state index >= 15 is 0 Å². The molecule has 2 heterocycles. The van der Waals surface area contributed by atoms with Crippen LogP contribution in [0.4, 0.5) is 0 Å². The highest BCUT2D eigenvalue weighted by Gasteiger charge is 2.26. The lowest BCUT2D eigenvalue weighted by molar-refractivity contribution is 0.102. The molecule has 1 aliphatic rings. The summed E-state index contributed by atoms with van der Waals surface area (Å²) < 4.78 is 9.06. The third-order valence-electron chi connectivity index (χ3n) is 4.06. The molecule has 108 valence electrons. The van der Waals surface area contributed by atoms with Crippen LogP contribution in [0.2, 0.25) is 0 Å². The highest BCUT2D eigenvalue weighted by atomic mass is 79.9. The molecule has 3 nitrogen and oxygen atoms in total. The fraction of sp³-hybridized carbons (Fsp3) is 0.533. The van der Waals surface area contributed by atoms with E-state index in [0.717, 1.165) is 41.8 Å². The number of aryl methyl sites for hydroxylation is 1. The maximum atomic E-state index is 5.92. The van der Waals surface area contributed by atoms with Crippen LogP contribution < -0.4 is 0 Å². The van der Waals surface area contributed by atoms with E-state index in [1.807, 2.05) is 0 Å². The molecule has 5 heteroatoms. The van der Waals surface area contributed by atoms with Gasteiger partial charge in [-0.2, -0.15) is 0 Å². The summed E-state index contributed by atoms with van der Waals surface area (Å²) in [6.45, 7) is 4.00. The summed E-state index contributed by atoms with van der Waals surface area (Å²) in [5, 5.41) is 0. The standard InChI is InChI=1S/C15H18BrClN2O/c1-10-11(5-7-20-10)9-19-14-3-2-12(16)8-13(14)18-15(19)4-6-17/h2-3,8,10-11H,4-7,9H2,1H3. The Morgan fingerprint density at radius 3 is 3.05 bits per heavy atom. The molecule has 1 aromatic heterocycles. The lowest BCUT2D eigenvalue weighted by atomic mass is 10.0. The van der Waals surface area contributed by atoms with Gasteiger partial charge >= 0.3 is 0 Å². The minimum atomic E-state index is 0.326. The molecule has 0 N–H and O–H groups in total. The second-order valence-corrected chi connectivity index (χ2v) is 6.63. The summed E-state index contributed by atoms with van der Waals surface area (Å²) >= 11 is 9.43.